The molecule has 118 valence electrons. The smallest absolute Gasteiger partial charge is 0.119 e. The second-order valence-electron chi connectivity index (χ2n) is 5.28. The number of benzene rings is 1. The molecule has 0 spiro atoms. The molecule has 0 amide bonds. The van der Waals surface area contributed by atoms with E-state index in [1.165, 1.54) is 5.56 Å². The first-order chi connectivity index (χ1) is 10.3. The first-order valence-corrected chi connectivity index (χ1v) is 7.99. The van der Waals surface area contributed by atoms with Gasteiger partial charge in [-0.15, -0.1) is 0 Å². The Morgan fingerprint density at radius 1 is 1.29 bits per heavy atom. The highest BCUT2D eigenvalue weighted by Gasteiger charge is 2.17. The first-order valence-electron chi connectivity index (χ1n) is 7.99. The fourth-order valence-electron chi connectivity index (χ4n) is 2.58. The summed E-state index contributed by atoms with van der Waals surface area (Å²) in [4.78, 5) is 0. The van der Waals surface area contributed by atoms with Gasteiger partial charge in [0.05, 0.1) is 32.0 Å². The Morgan fingerprint density at radius 2 is 2.10 bits per heavy atom. The molecule has 1 fully saturated rings. The lowest BCUT2D eigenvalue weighted by atomic mass is 10.1. The second-order valence-corrected chi connectivity index (χ2v) is 5.28. The van der Waals surface area contributed by atoms with Crippen molar-refractivity contribution < 1.29 is 14.2 Å². The molecule has 1 aromatic rings. The zero-order valence-corrected chi connectivity index (χ0v) is 13.1. The minimum atomic E-state index is 0.215. The van der Waals surface area contributed by atoms with E-state index < -0.39 is 0 Å². The molecule has 21 heavy (non-hydrogen) atoms. The van der Waals surface area contributed by atoms with E-state index in [2.05, 4.69) is 24.4 Å². The lowest BCUT2D eigenvalue weighted by Gasteiger charge is -2.20. The number of likely N-dealkylation sites (N-methyl/N-ethyl adjacent to an activating group) is 1. The molecule has 1 aromatic carbocycles. The summed E-state index contributed by atoms with van der Waals surface area (Å²) in [5.41, 5.74) is 1.23. The molecule has 4 nitrogen and oxygen atoms in total. The highest BCUT2D eigenvalue weighted by Crippen LogP contribution is 2.19. The lowest BCUT2D eigenvalue weighted by molar-refractivity contribution is 0.0101. The van der Waals surface area contributed by atoms with Gasteiger partial charge in [0.15, 0.2) is 0 Å². The van der Waals surface area contributed by atoms with E-state index in [0.29, 0.717) is 19.8 Å². The first kappa shape index (κ1) is 16.3. The van der Waals surface area contributed by atoms with Crippen molar-refractivity contribution in [2.24, 2.45) is 0 Å². The van der Waals surface area contributed by atoms with Gasteiger partial charge in [0.2, 0.25) is 0 Å². The van der Waals surface area contributed by atoms with Crippen LogP contribution in [0, 0.1) is 0 Å². The van der Waals surface area contributed by atoms with Crippen LogP contribution in [-0.2, 0) is 9.47 Å². The SMILES string of the molecule is CCNC(COCC1CCCO1)c1ccc(OCC)cc1. The third-order valence-electron chi connectivity index (χ3n) is 3.66. The van der Waals surface area contributed by atoms with E-state index in [1.807, 2.05) is 19.1 Å². The lowest BCUT2D eigenvalue weighted by Crippen LogP contribution is -2.27. The maximum absolute atomic E-state index is 5.85. The molecule has 2 unspecified atom stereocenters. The Hall–Kier alpha value is -1.10. The summed E-state index contributed by atoms with van der Waals surface area (Å²) in [5, 5.41) is 3.47. The molecule has 4 heteroatoms. The van der Waals surface area contributed by atoms with Crippen molar-refractivity contribution in [3.63, 3.8) is 0 Å². The summed E-state index contributed by atoms with van der Waals surface area (Å²) < 4.78 is 16.9. The van der Waals surface area contributed by atoms with Crippen LogP contribution in [0.15, 0.2) is 24.3 Å². The number of rotatable bonds is 9. The van der Waals surface area contributed by atoms with Crippen LogP contribution in [0.25, 0.3) is 0 Å². The minimum absolute atomic E-state index is 0.215. The molecule has 0 radical (unpaired) electrons. The van der Waals surface area contributed by atoms with Crippen molar-refractivity contribution >= 4 is 0 Å². The number of nitrogens with one attached hydrogen (secondary N) is 1. The van der Waals surface area contributed by atoms with Crippen LogP contribution < -0.4 is 10.1 Å². The Kier molecular flexibility index (Phi) is 7.00. The van der Waals surface area contributed by atoms with Gasteiger partial charge in [-0.25, -0.2) is 0 Å². The third kappa shape index (κ3) is 5.30. The monoisotopic (exact) mass is 293 g/mol. The molecule has 1 aliphatic rings. The summed E-state index contributed by atoms with van der Waals surface area (Å²) in [6.07, 6.45) is 2.56. The van der Waals surface area contributed by atoms with Gasteiger partial charge in [0.25, 0.3) is 0 Å². The molecule has 1 N–H and O–H groups in total. The van der Waals surface area contributed by atoms with E-state index in [0.717, 1.165) is 31.7 Å². The molecule has 0 aromatic heterocycles. The number of ether oxygens (including phenoxy) is 3. The van der Waals surface area contributed by atoms with Crippen molar-refractivity contribution in [2.45, 2.75) is 38.8 Å². The van der Waals surface area contributed by atoms with Crippen LogP contribution in [0.4, 0.5) is 0 Å². The van der Waals surface area contributed by atoms with Gasteiger partial charge in [-0.05, 0) is 44.0 Å². The normalized spacial score (nSPS) is 19.6. The second kappa shape index (κ2) is 9.03. The maximum Gasteiger partial charge on any atom is 0.119 e. The summed E-state index contributed by atoms with van der Waals surface area (Å²) in [7, 11) is 0. The van der Waals surface area contributed by atoms with Gasteiger partial charge in [-0.1, -0.05) is 19.1 Å². The summed E-state index contributed by atoms with van der Waals surface area (Å²) in [6, 6.07) is 8.46. The van der Waals surface area contributed by atoms with Gasteiger partial charge < -0.3 is 19.5 Å². The zero-order valence-electron chi connectivity index (χ0n) is 13.1. The molecule has 0 bridgehead atoms. The predicted molar refractivity (Wildman–Crippen MR) is 83.8 cm³/mol. The molecule has 2 atom stereocenters. The minimum Gasteiger partial charge on any atom is -0.494 e. The van der Waals surface area contributed by atoms with Crippen molar-refractivity contribution in [1.29, 1.82) is 0 Å². The van der Waals surface area contributed by atoms with Crippen LogP contribution in [0.3, 0.4) is 0 Å². The fourth-order valence-corrected chi connectivity index (χ4v) is 2.58. The largest absolute Gasteiger partial charge is 0.494 e. The zero-order chi connectivity index (χ0) is 14.9. The Bertz CT molecular complexity index is 388. The molecule has 0 aliphatic carbocycles. The fraction of sp³-hybridized carbons (Fsp3) is 0.647. The van der Waals surface area contributed by atoms with E-state index in [1.54, 1.807) is 0 Å². The average Bonchev–Trinajstić information content (AvgIpc) is 3.01. The number of hydrogen-bond donors (Lipinski definition) is 1. The van der Waals surface area contributed by atoms with Crippen molar-refractivity contribution in [2.75, 3.05) is 33.0 Å². The molecular weight excluding hydrogens is 266 g/mol. The molecule has 2 rings (SSSR count). The molecule has 1 heterocycles. The van der Waals surface area contributed by atoms with E-state index in [9.17, 15) is 0 Å². The summed E-state index contributed by atoms with van der Waals surface area (Å²) in [6.45, 7) is 7.96. The van der Waals surface area contributed by atoms with Crippen LogP contribution in [-0.4, -0.2) is 39.1 Å². The highest BCUT2D eigenvalue weighted by atomic mass is 16.5. The van der Waals surface area contributed by atoms with Gasteiger partial charge in [-0.2, -0.15) is 0 Å². The van der Waals surface area contributed by atoms with Crippen LogP contribution >= 0.6 is 0 Å². The molecular formula is C17H27NO3. The topological polar surface area (TPSA) is 39.7 Å². The molecule has 1 saturated heterocycles. The van der Waals surface area contributed by atoms with E-state index in [-0.39, 0.29) is 12.1 Å². The van der Waals surface area contributed by atoms with Crippen molar-refractivity contribution in [3.8, 4) is 5.75 Å². The number of hydrogen-bond acceptors (Lipinski definition) is 4. The predicted octanol–water partition coefficient (Wildman–Crippen LogP) is 2.93. The van der Waals surface area contributed by atoms with Crippen molar-refractivity contribution in [1.82, 2.24) is 5.32 Å². The Labute approximate surface area is 127 Å². The van der Waals surface area contributed by atoms with Crippen molar-refractivity contribution in [3.05, 3.63) is 29.8 Å². The van der Waals surface area contributed by atoms with Crippen LogP contribution in [0.2, 0.25) is 0 Å². The maximum atomic E-state index is 5.85. The third-order valence-corrected chi connectivity index (χ3v) is 3.66. The quantitative estimate of drug-likeness (QED) is 0.760. The van der Waals surface area contributed by atoms with Crippen LogP contribution in [0.1, 0.15) is 38.3 Å². The highest BCUT2D eigenvalue weighted by molar-refractivity contribution is 5.29. The molecule has 1 aliphatic heterocycles. The van der Waals surface area contributed by atoms with E-state index in [4.69, 9.17) is 14.2 Å². The van der Waals surface area contributed by atoms with Gasteiger partial charge in [0, 0.05) is 6.61 Å². The Balaban J connectivity index is 1.84. The summed E-state index contributed by atoms with van der Waals surface area (Å²) >= 11 is 0. The molecule has 0 saturated carbocycles. The average molecular weight is 293 g/mol. The summed E-state index contributed by atoms with van der Waals surface area (Å²) in [5.74, 6) is 0.914. The van der Waals surface area contributed by atoms with Gasteiger partial charge in [0.1, 0.15) is 5.75 Å². The Morgan fingerprint density at radius 3 is 2.71 bits per heavy atom. The standard InChI is InChI=1S/C17H27NO3/c1-3-18-17(13-19-12-16-6-5-11-21-16)14-7-9-15(10-8-14)20-4-2/h7-10,16-18H,3-6,11-13H2,1-2H3. The van der Waals surface area contributed by atoms with Gasteiger partial charge >= 0.3 is 0 Å². The van der Waals surface area contributed by atoms with Gasteiger partial charge in [-0.3, -0.25) is 0 Å². The van der Waals surface area contributed by atoms with E-state index >= 15 is 0 Å². The van der Waals surface area contributed by atoms with Crippen LogP contribution in [0.5, 0.6) is 5.75 Å².